The Kier molecular flexibility index (Phi) is 6.41. The smallest absolute Gasteiger partial charge is 0.227 e. The Labute approximate surface area is 170 Å². The third kappa shape index (κ3) is 4.75. The lowest BCUT2D eigenvalue weighted by atomic mass is 9.98. The first-order chi connectivity index (χ1) is 13.5. The Hall–Kier alpha value is -2.73. The van der Waals surface area contributed by atoms with E-state index in [9.17, 15) is 4.79 Å². The summed E-state index contributed by atoms with van der Waals surface area (Å²) >= 11 is 5.17. The van der Waals surface area contributed by atoms with E-state index >= 15 is 0 Å². The second-order valence-corrected chi connectivity index (χ2v) is 7.29. The van der Waals surface area contributed by atoms with Crippen LogP contribution in [0, 0.1) is 0 Å². The lowest BCUT2D eigenvalue weighted by Gasteiger charge is -2.09. The third-order valence-corrected chi connectivity index (χ3v) is 4.92. The van der Waals surface area contributed by atoms with E-state index in [-0.39, 0.29) is 5.91 Å². The van der Waals surface area contributed by atoms with Crippen LogP contribution in [0.1, 0.15) is 51.5 Å². The third-order valence-electron chi connectivity index (χ3n) is 4.71. The molecule has 0 aliphatic heterocycles. The molecule has 0 radical (unpaired) electrons. The molecule has 1 unspecified atom stereocenters. The van der Waals surface area contributed by atoms with Crippen LogP contribution >= 0.6 is 12.2 Å². The van der Waals surface area contributed by atoms with Gasteiger partial charge in [-0.1, -0.05) is 26.8 Å². The monoisotopic (exact) mass is 395 g/mol. The van der Waals surface area contributed by atoms with E-state index in [0.29, 0.717) is 23.3 Å². The molecular weight excluding hydrogens is 370 g/mol. The van der Waals surface area contributed by atoms with Gasteiger partial charge in [0, 0.05) is 17.7 Å². The van der Waals surface area contributed by atoms with Crippen LogP contribution in [-0.4, -0.2) is 16.0 Å². The van der Waals surface area contributed by atoms with Crippen LogP contribution in [0.25, 0.3) is 22.6 Å². The first-order valence-corrected chi connectivity index (χ1v) is 10.0. The van der Waals surface area contributed by atoms with Crippen LogP contribution < -0.4 is 10.6 Å². The number of rotatable bonds is 6. The van der Waals surface area contributed by atoms with Crippen molar-refractivity contribution < 1.29 is 9.21 Å². The molecule has 1 aromatic heterocycles. The molecule has 0 bridgehead atoms. The molecule has 1 amide bonds. The normalized spacial score (nSPS) is 12.0. The number of carbonyl (C=O) groups is 1. The Morgan fingerprint density at radius 1 is 1.18 bits per heavy atom. The van der Waals surface area contributed by atoms with Gasteiger partial charge in [-0.05, 0) is 72.9 Å². The van der Waals surface area contributed by atoms with Crippen molar-refractivity contribution in [2.45, 2.75) is 46.0 Å². The van der Waals surface area contributed by atoms with Crippen molar-refractivity contribution in [3.8, 4) is 11.5 Å². The second kappa shape index (κ2) is 8.97. The van der Waals surface area contributed by atoms with Crippen molar-refractivity contribution in [1.82, 2.24) is 10.3 Å². The Morgan fingerprint density at radius 2 is 1.93 bits per heavy atom. The van der Waals surface area contributed by atoms with Crippen molar-refractivity contribution in [3.05, 3.63) is 48.0 Å². The van der Waals surface area contributed by atoms with Crippen LogP contribution in [0.2, 0.25) is 0 Å². The highest BCUT2D eigenvalue weighted by Crippen LogP contribution is 2.28. The predicted octanol–water partition coefficient (Wildman–Crippen LogP) is 5.62. The highest BCUT2D eigenvalue weighted by atomic mass is 32.1. The summed E-state index contributed by atoms with van der Waals surface area (Å²) in [6, 6.07) is 13.8. The molecule has 6 heteroatoms. The molecule has 1 atom stereocenters. The average Bonchev–Trinajstić information content (AvgIpc) is 3.11. The van der Waals surface area contributed by atoms with Gasteiger partial charge < -0.3 is 15.1 Å². The van der Waals surface area contributed by atoms with Crippen LogP contribution in [0.3, 0.4) is 0 Å². The van der Waals surface area contributed by atoms with Gasteiger partial charge in [-0.25, -0.2) is 4.98 Å². The van der Waals surface area contributed by atoms with Crippen LogP contribution in [0.15, 0.2) is 46.9 Å². The largest absolute Gasteiger partial charge is 0.436 e. The maximum Gasteiger partial charge on any atom is 0.227 e. The number of benzene rings is 2. The van der Waals surface area contributed by atoms with Crippen molar-refractivity contribution in [1.29, 1.82) is 0 Å². The molecule has 0 spiro atoms. The molecule has 2 aromatic carbocycles. The van der Waals surface area contributed by atoms with Gasteiger partial charge in [-0.2, -0.15) is 0 Å². The molecule has 0 aliphatic rings. The van der Waals surface area contributed by atoms with Crippen molar-refractivity contribution in [2.75, 3.05) is 5.32 Å². The fourth-order valence-corrected chi connectivity index (χ4v) is 3.12. The van der Waals surface area contributed by atoms with E-state index in [1.165, 1.54) is 5.56 Å². The summed E-state index contributed by atoms with van der Waals surface area (Å²) in [6.45, 7) is 6.34. The number of hydrogen-bond acceptors (Lipinski definition) is 4. The highest BCUT2D eigenvalue weighted by Gasteiger charge is 2.11. The Morgan fingerprint density at radius 3 is 2.61 bits per heavy atom. The van der Waals surface area contributed by atoms with E-state index in [1.807, 2.05) is 37.3 Å². The molecular formula is C22H25N3O2S. The van der Waals surface area contributed by atoms with Crippen molar-refractivity contribution >= 4 is 40.0 Å². The van der Waals surface area contributed by atoms with Crippen LogP contribution in [0.4, 0.5) is 5.69 Å². The van der Waals surface area contributed by atoms with Gasteiger partial charge in [0.25, 0.3) is 0 Å². The highest BCUT2D eigenvalue weighted by molar-refractivity contribution is 7.80. The zero-order valence-corrected chi connectivity index (χ0v) is 17.2. The number of anilines is 1. The number of nitrogens with one attached hydrogen (secondary N) is 2. The first kappa shape index (κ1) is 20.0. The number of oxazole rings is 1. The molecule has 0 aliphatic carbocycles. The predicted molar refractivity (Wildman–Crippen MR) is 117 cm³/mol. The lowest BCUT2D eigenvalue weighted by molar-refractivity contribution is -0.119. The Bertz CT molecular complexity index is 979. The summed E-state index contributed by atoms with van der Waals surface area (Å²) < 4.78 is 5.91. The summed E-state index contributed by atoms with van der Waals surface area (Å²) in [7, 11) is 0. The molecule has 3 aromatic rings. The minimum Gasteiger partial charge on any atom is -0.436 e. The number of hydrogen-bond donors (Lipinski definition) is 2. The molecule has 0 fully saturated rings. The standard InChI is InChI=1S/C22H25N3O2S/c1-4-6-20(26)25-22(28)23-17-10-7-15(8-11-17)21-24-18-13-16(14(3)5-2)9-12-19(18)27-21/h7-14H,4-6H2,1-3H3,(H2,23,25,26,28). The Balaban J connectivity index is 1.72. The van der Waals surface area contributed by atoms with Gasteiger partial charge in [-0.15, -0.1) is 0 Å². The molecule has 1 heterocycles. The molecule has 28 heavy (non-hydrogen) atoms. The fraction of sp³-hybridized carbons (Fsp3) is 0.318. The molecule has 3 rings (SSSR count). The molecule has 146 valence electrons. The van der Waals surface area contributed by atoms with E-state index < -0.39 is 0 Å². The number of carbonyl (C=O) groups excluding carboxylic acids is 1. The van der Waals surface area contributed by atoms with Crippen molar-refractivity contribution in [2.24, 2.45) is 0 Å². The van der Waals surface area contributed by atoms with Crippen molar-refractivity contribution in [3.63, 3.8) is 0 Å². The zero-order valence-electron chi connectivity index (χ0n) is 16.4. The van der Waals surface area contributed by atoms with Crippen LogP contribution in [0.5, 0.6) is 0 Å². The van der Waals surface area contributed by atoms with Crippen LogP contribution in [-0.2, 0) is 4.79 Å². The summed E-state index contributed by atoms with van der Waals surface area (Å²) in [4.78, 5) is 16.2. The zero-order chi connectivity index (χ0) is 20.1. The number of nitrogens with zero attached hydrogens (tertiary/aromatic N) is 1. The van der Waals surface area contributed by atoms with Gasteiger partial charge in [0.2, 0.25) is 11.8 Å². The van der Waals surface area contributed by atoms with Gasteiger partial charge in [-0.3, -0.25) is 4.79 Å². The van der Waals surface area contributed by atoms with Gasteiger partial charge in [0.1, 0.15) is 5.52 Å². The topological polar surface area (TPSA) is 67.2 Å². The number of fused-ring (bicyclic) bond motifs is 1. The average molecular weight is 396 g/mol. The summed E-state index contributed by atoms with van der Waals surface area (Å²) in [6.07, 6.45) is 2.33. The van der Waals surface area contributed by atoms with E-state index in [4.69, 9.17) is 16.6 Å². The SMILES string of the molecule is CCCC(=O)NC(=S)Nc1ccc(-c2nc3cc(C(C)CC)ccc3o2)cc1. The number of thiocarbonyl (C=S) groups is 1. The maximum absolute atomic E-state index is 11.6. The number of aromatic nitrogens is 1. The number of amides is 1. The lowest BCUT2D eigenvalue weighted by Crippen LogP contribution is -2.33. The van der Waals surface area contributed by atoms with E-state index in [0.717, 1.165) is 35.2 Å². The minimum atomic E-state index is -0.0835. The summed E-state index contributed by atoms with van der Waals surface area (Å²) in [5.41, 5.74) is 4.60. The molecule has 5 nitrogen and oxygen atoms in total. The quantitative estimate of drug-likeness (QED) is 0.530. The van der Waals surface area contributed by atoms with Gasteiger partial charge in [0.05, 0.1) is 0 Å². The summed E-state index contributed by atoms with van der Waals surface area (Å²) in [5, 5.41) is 5.97. The molecule has 0 saturated carbocycles. The molecule has 0 saturated heterocycles. The maximum atomic E-state index is 11.6. The van der Waals surface area contributed by atoms with Gasteiger partial charge in [0.15, 0.2) is 10.7 Å². The summed E-state index contributed by atoms with van der Waals surface area (Å²) in [5.74, 6) is 0.998. The van der Waals surface area contributed by atoms with E-state index in [1.54, 1.807) is 0 Å². The van der Waals surface area contributed by atoms with E-state index in [2.05, 4.69) is 41.6 Å². The molecule has 2 N–H and O–H groups in total. The minimum absolute atomic E-state index is 0.0835. The second-order valence-electron chi connectivity index (χ2n) is 6.89. The fourth-order valence-electron chi connectivity index (χ4n) is 2.88. The van der Waals surface area contributed by atoms with Gasteiger partial charge >= 0.3 is 0 Å². The first-order valence-electron chi connectivity index (χ1n) is 9.62.